The summed E-state index contributed by atoms with van der Waals surface area (Å²) in [5.74, 6) is 0.810. The zero-order valence-corrected chi connectivity index (χ0v) is 13.0. The minimum absolute atomic E-state index is 0.198. The summed E-state index contributed by atoms with van der Waals surface area (Å²) in [6.07, 6.45) is 1.98. The number of hydrogen-bond donors (Lipinski definition) is 0. The third-order valence-corrected chi connectivity index (χ3v) is 3.49. The summed E-state index contributed by atoms with van der Waals surface area (Å²) in [5, 5.41) is 8.60. The predicted molar refractivity (Wildman–Crippen MR) is 85.8 cm³/mol. The molecule has 0 saturated carbocycles. The van der Waals surface area contributed by atoms with Gasteiger partial charge in [0.05, 0.1) is 12.5 Å². The summed E-state index contributed by atoms with van der Waals surface area (Å²) in [6, 6.07) is 13.7. The first-order chi connectivity index (χ1) is 10.6. The van der Waals surface area contributed by atoms with Gasteiger partial charge in [0.25, 0.3) is 5.56 Å². The Morgan fingerprint density at radius 2 is 1.95 bits per heavy atom. The van der Waals surface area contributed by atoms with E-state index >= 15 is 0 Å². The number of aryl methyl sites for hydroxylation is 1. The van der Waals surface area contributed by atoms with E-state index in [1.807, 2.05) is 18.2 Å². The molecule has 22 heavy (non-hydrogen) atoms. The number of nitrogens with zero attached hydrogens (tertiary/aromatic N) is 2. The fourth-order valence-corrected chi connectivity index (χ4v) is 2.13. The molecule has 0 spiro atoms. The summed E-state index contributed by atoms with van der Waals surface area (Å²) >= 11 is 0. The number of aromatic nitrogens is 1. The van der Waals surface area contributed by atoms with Gasteiger partial charge in [-0.15, -0.1) is 0 Å². The Labute approximate surface area is 130 Å². The van der Waals surface area contributed by atoms with Crippen LogP contribution in [0.15, 0.2) is 47.4 Å². The summed E-state index contributed by atoms with van der Waals surface area (Å²) in [6.45, 7) is 5.05. The van der Waals surface area contributed by atoms with Crippen molar-refractivity contribution in [3.8, 4) is 11.8 Å². The Morgan fingerprint density at radius 1 is 1.23 bits per heavy atom. The van der Waals surface area contributed by atoms with Gasteiger partial charge in [-0.1, -0.05) is 38.1 Å². The van der Waals surface area contributed by atoms with Crippen molar-refractivity contribution >= 4 is 0 Å². The molecule has 0 saturated heterocycles. The second kappa shape index (κ2) is 7.46. The Kier molecular flexibility index (Phi) is 5.37. The first-order valence-electron chi connectivity index (χ1n) is 7.40. The molecule has 0 atom stereocenters. The number of hydrogen-bond acceptors (Lipinski definition) is 3. The Balaban J connectivity index is 2.05. The van der Waals surface area contributed by atoms with Gasteiger partial charge < -0.3 is 9.30 Å². The summed E-state index contributed by atoms with van der Waals surface area (Å²) in [5.41, 5.74) is 2.11. The van der Waals surface area contributed by atoms with E-state index in [2.05, 4.69) is 26.0 Å². The smallest absolute Gasteiger partial charge is 0.292 e. The lowest BCUT2D eigenvalue weighted by atomic mass is 10.0. The van der Waals surface area contributed by atoms with E-state index in [0.717, 1.165) is 5.56 Å². The first-order valence-corrected chi connectivity index (χ1v) is 7.40. The molecule has 4 heteroatoms. The molecule has 0 bridgehead atoms. The van der Waals surface area contributed by atoms with Crippen LogP contribution in [-0.4, -0.2) is 4.57 Å². The lowest BCUT2D eigenvalue weighted by Gasteiger charge is -2.10. The molecule has 0 aliphatic carbocycles. The highest BCUT2D eigenvalue weighted by Crippen LogP contribution is 2.15. The molecule has 1 aromatic heterocycles. The van der Waals surface area contributed by atoms with E-state index in [9.17, 15) is 4.79 Å². The van der Waals surface area contributed by atoms with Gasteiger partial charge in [0.2, 0.25) is 0 Å². The quantitative estimate of drug-likeness (QED) is 0.820. The van der Waals surface area contributed by atoms with Crippen LogP contribution >= 0.6 is 0 Å². The van der Waals surface area contributed by atoms with Gasteiger partial charge in [-0.3, -0.25) is 4.79 Å². The van der Waals surface area contributed by atoms with Crippen LogP contribution in [0.25, 0.3) is 0 Å². The molecule has 1 aromatic carbocycles. The SMILES string of the molecule is CC(C)c1ccc(COc2cccn(CCC#N)c2=O)cc1. The number of rotatable bonds is 6. The van der Waals surface area contributed by atoms with Crippen molar-refractivity contribution in [2.45, 2.75) is 39.3 Å². The van der Waals surface area contributed by atoms with Crippen molar-refractivity contribution in [2.24, 2.45) is 0 Å². The fourth-order valence-electron chi connectivity index (χ4n) is 2.13. The third kappa shape index (κ3) is 3.98. The van der Waals surface area contributed by atoms with Crippen LogP contribution in [0.1, 0.15) is 37.3 Å². The Bertz CT molecular complexity index is 709. The van der Waals surface area contributed by atoms with Crippen LogP contribution in [0.2, 0.25) is 0 Å². The molecule has 4 nitrogen and oxygen atoms in total. The zero-order valence-electron chi connectivity index (χ0n) is 13.0. The molecule has 2 aromatic rings. The average molecular weight is 296 g/mol. The lowest BCUT2D eigenvalue weighted by Crippen LogP contribution is -2.21. The summed E-state index contributed by atoms with van der Waals surface area (Å²) < 4.78 is 7.13. The highest BCUT2D eigenvalue weighted by molar-refractivity contribution is 5.25. The van der Waals surface area contributed by atoms with Gasteiger partial charge in [0.15, 0.2) is 5.75 Å². The van der Waals surface area contributed by atoms with Crippen molar-refractivity contribution in [1.29, 1.82) is 5.26 Å². The van der Waals surface area contributed by atoms with Crippen molar-refractivity contribution in [3.63, 3.8) is 0 Å². The normalized spacial score (nSPS) is 10.5. The van der Waals surface area contributed by atoms with Gasteiger partial charge in [-0.25, -0.2) is 0 Å². The van der Waals surface area contributed by atoms with E-state index in [0.29, 0.717) is 31.2 Å². The molecule has 0 amide bonds. The minimum Gasteiger partial charge on any atom is -0.483 e. The molecule has 114 valence electrons. The molecular formula is C18H20N2O2. The number of benzene rings is 1. The van der Waals surface area contributed by atoms with Crippen molar-refractivity contribution in [1.82, 2.24) is 4.57 Å². The average Bonchev–Trinajstić information content (AvgIpc) is 2.53. The minimum atomic E-state index is -0.198. The van der Waals surface area contributed by atoms with Gasteiger partial charge in [-0.2, -0.15) is 5.26 Å². The number of pyridine rings is 1. The van der Waals surface area contributed by atoms with E-state index in [-0.39, 0.29) is 5.56 Å². The highest BCUT2D eigenvalue weighted by Gasteiger charge is 2.05. The zero-order chi connectivity index (χ0) is 15.9. The fraction of sp³-hybridized carbons (Fsp3) is 0.333. The van der Waals surface area contributed by atoms with Crippen molar-refractivity contribution in [3.05, 3.63) is 64.1 Å². The van der Waals surface area contributed by atoms with Gasteiger partial charge in [0, 0.05) is 12.7 Å². The Hall–Kier alpha value is -2.54. The van der Waals surface area contributed by atoms with Crippen LogP contribution in [0.4, 0.5) is 0 Å². The standard InChI is InChI=1S/C18H20N2O2/c1-14(2)16-8-6-15(7-9-16)13-22-17-5-3-11-20(18(17)21)12-4-10-19/h3,5-9,11,14H,4,12-13H2,1-2H3. The second-order valence-electron chi connectivity index (χ2n) is 5.46. The van der Waals surface area contributed by atoms with E-state index in [1.165, 1.54) is 10.1 Å². The van der Waals surface area contributed by atoms with E-state index in [1.54, 1.807) is 18.3 Å². The van der Waals surface area contributed by atoms with Crippen LogP contribution in [0, 0.1) is 11.3 Å². The monoisotopic (exact) mass is 296 g/mol. The number of nitriles is 1. The molecular weight excluding hydrogens is 276 g/mol. The van der Waals surface area contributed by atoms with Crippen molar-refractivity contribution < 1.29 is 4.74 Å². The lowest BCUT2D eigenvalue weighted by molar-refractivity contribution is 0.299. The second-order valence-corrected chi connectivity index (χ2v) is 5.46. The van der Waals surface area contributed by atoms with E-state index < -0.39 is 0 Å². The van der Waals surface area contributed by atoms with Crippen LogP contribution in [-0.2, 0) is 13.2 Å². The first kappa shape index (κ1) is 15.8. The van der Waals surface area contributed by atoms with Gasteiger partial charge >= 0.3 is 0 Å². The molecule has 0 fully saturated rings. The number of ether oxygens (including phenoxy) is 1. The highest BCUT2D eigenvalue weighted by atomic mass is 16.5. The molecule has 0 N–H and O–H groups in total. The topological polar surface area (TPSA) is 55.0 Å². The van der Waals surface area contributed by atoms with Crippen LogP contribution in [0.3, 0.4) is 0 Å². The van der Waals surface area contributed by atoms with Gasteiger partial charge in [-0.05, 0) is 29.2 Å². The molecule has 2 rings (SSSR count). The molecule has 0 aliphatic rings. The predicted octanol–water partition coefficient (Wildman–Crippen LogP) is 3.46. The Morgan fingerprint density at radius 3 is 2.59 bits per heavy atom. The molecule has 0 unspecified atom stereocenters. The van der Waals surface area contributed by atoms with E-state index in [4.69, 9.17) is 10.00 Å². The maximum atomic E-state index is 12.2. The largest absolute Gasteiger partial charge is 0.483 e. The summed E-state index contributed by atoms with van der Waals surface area (Å²) in [4.78, 5) is 12.2. The maximum Gasteiger partial charge on any atom is 0.292 e. The third-order valence-electron chi connectivity index (χ3n) is 3.49. The van der Waals surface area contributed by atoms with Crippen LogP contribution < -0.4 is 10.3 Å². The molecule has 0 radical (unpaired) electrons. The molecule has 1 heterocycles. The maximum absolute atomic E-state index is 12.2. The summed E-state index contributed by atoms with van der Waals surface area (Å²) in [7, 11) is 0. The van der Waals surface area contributed by atoms with Crippen LogP contribution in [0.5, 0.6) is 5.75 Å². The van der Waals surface area contributed by atoms with Crippen molar-refractivity contribution in [2.75, 3.05) is 0 Å². The molecule has 0 aliphatic heterocycles. The van der Waals surface area contributed by atoms with Gasteiger partial charge in [0.1, 0.15) is 6.61 Å².